The molecule has 6 heteroatoms. The second kappa shape index (κ2) is 4.92. The zero-order chi connectivity index (χ0) is 13.4. The molecule has 1 aliphatic heterocycles. The van der Waals surface area contributed by atoms with E-state index in [0.29, 0.717) is 5.95 Å². The van der Waals surface area contributed by atoms with Crippen molar-refractivity contribution in [1.82, 2.24) is 24.7 Å². The molecule has 1 aliphatic carbocycles. The molecule has 0 saturated heterocycles. The summed E-state index contributed by atoms with van der Waals surface area (Å²) in [6.45, 7) is 2.06. The maximum Gasteiger partial charge on any atom is 0.242 e. The van der Waals surface area contributed by atoms with E-state index in [1.54, 1.807) is 0 Å². The molecule has 3 heterocycles. The normalized spacial score (nSPS) is 18.6. The van der Waals surface area contributed by atoms with Crippen LogP contribution in [0.4, 0.5) is 5.95 Å². The van der Waals surface area contributed by atoms with Gasteiger partial charge in [0.05, 0.1) is 0 Å². The number of aromatic amines is 1. The summed E-state index contributed by atoms with van der Waals surface area (Å²) in [6, 6.07) is 0. The first-order chi connectivity index (χ1) is 9.88. The fraction of sp³-hybridized carbons (Fsp3) is 0.643. The Labute approximate surface area is 118 Å². The summed E-state index contributed by atoms with van der Waals surface area (Å²) in [5.74, 6) is 3.43. The summed E-state index contributed by atoms with van der Waals surface area (Å²) < 4.78 is 2.24. The van der Waals surface area contributed by atoms with Gasteiger partial charge in [-0.05, 0) is 31.6 Å². The van der Waals surface area contributed by atoms with Gasteiger partial charge in [0.25, 0.3) is 0 Å². The predicted octanol–water partition coefficient (Wildman–Crippen LogP) is 2.22. The van der Waals surface area contributed by atoms with E-state index < -0.39 is 0 Å². The molecule has 0 spiro atoms. The molecule has 0 radical (unpaired) electrons. The Morgan fingerprint density at radius 1 is 1.25 bits per heavy atom. The molecule has 20 heavy (non-hydrogen) atoms. The number of nitrogens with zero attached hydrogens (tertiary/aromatic N) is 4. The van der Waals surface area contributed by atoms with Crippen molar-refractivity contribution >= 4 is 5.95 Å². The van der Waals surface area contributed by atoms with Crippen LogP contribution in [0.15, 0.2) is 6.20 Å². The van der Waals surface area contributed by atoms with E-state index in [4.69, 9.17) is 0 Å². The van der Waals surface area contributed by atoms with Gasteiger partial charge in [-0.2, -0.15) is 4.98 Å². The maximum atomic E-state index is 4.66. The van der Waals surface area contributed by atoms with Crippen molar-refractivity contribution in [3.05, 3.63) is 12.0 Å². The molecule has 0 amide bonds. The van der Waals surface area contributed by atoms with Crippen LogP contribution in [0, 0.1) is 5.92 Å². The van der Waals surface area contributed by atoms with Gasteiger partial charge in [0, 0.05) is 25.7 Å². The van der Waals surface area contributed by atoms with Gasteiger partial charge in [-0.15, -0.1) is 5.10 Å². The molecule has 6 nitrogen and oxygen atoms in total. The van der Waals surface area contributed by atoms with Gasteiger partial charge in [-0.1, -0.05) is 6.42 Å². The number of H-pyrrole nitrogens is 1. The van der Waals surface area contributed by atoms with Gasteiger partial charge >= 0.3 is 0 Å². The van der Waals surface area contributed by atoms with Gasteiger partial charge < -0.3 is 9.88 Å². The molecule has 2 N–H and O–H groups in total. The SMILES string of the molecule is c1c(-c2nc(NCC3CCC3)n[nH]2)nc2n1CCCC2. The Bertz CT molecular complexity index is 571. The fourth-order valence-electron chi connectivity index (χ4n) is 2.91. The molecule has 1 fully saturated rings. The quantitative estimate of drug-likeness (QED) is 0.895. The molecule has 0 aromatic carbocycles. The summed E-state index contributed by atoms with van der Waals surface area (Å²) in [5, 5.41) is 10.5. The first-order valence-electron chi connectivity index (χ1n) is 7.61. The zero-order valence-corrected chi connectivity index (χ0v) is 11.6. The average Bonchev–Trinajstić information content (AvgIpc) is 3.02. The average molecular weight is 272 g/mol. The standard InChI is InChI=1S/C14H20N6/c1-2-7-20-9-11(16-12(20)6-1)13-17-14(19-18-13)15-8-10-4-3-5-10/h9-10H,1-8H2,(H2,15,17,18,19). The number of aryl methyl sites for hydroxylation is 2. The van der Waals surface area contributed by atoms with E-state index in [0.717, 1.165) is 36.9 Å². The third kappa shape index (κ3) is 2.19. The highest BCUT2D eigenvalue weighted by molar-refractivity contribution is 5.50. The molecule has 0 bridgehead atoms. The molecular formula is C14H20N6. The van der Waals surface area contributed by atoms with Gasteiger partial charge in [0.1, 0.15) is 11.5 Å². The van der Waals surface area contributed by atoms with Crippen LogP contribution in [0.5, 0.6) is 0 Å². The molecule has 2 aromatic heterocycles. The highest BCUT2D eigenvalue weighted by atomic mass is 15.3. The first kappa shape index (κ1) is 11.9. The Hall–Kier alpha value is -1.85. The Morgan fingerprint density at radius 2 is 2.20 bits per heavy atom. The van der Waals surface area contributed by atoms with Crippen molar-refractivity contribution in [2.45, 2.75) is 45.1 Å². The third-order valence-electron chi connectivity index (χ3n) is 4.41. The van der Waals surface area contributed by atoms with Crippen molar-refractivity contribution in [2.24, 2.45) is 5.92 Å². The van der Waals surface area contributed by atoms with Crippen molar-refractivity contribution in [1.29, 1.82) is 0 Å². The zero-order valence-electron chi connectivity index (χ0n) is 11.6. The largest absolute Gasteiger partial charge is 0.353 e. The van der Waals surface area contributed by atoms with E-state index in [-0.39, 0.29) is 0 Å². The summed E-state index contributed by atoms with van der Waals surface area (Å²) in [5.41, 5.74) is 0.908. The lowest BCUT2D eigenvalue weighted by atomic mass is 9.85. The second-order valence-corrected chi connectivity index (χ2v) is 5.88. The van der Waals surface area contributed by atoms with Crippen LogP contribution in [-0.4, -0.2) is 31.3 Å². The van der Waals surface area contributed by atoms with Crippen LogP contribution in [0.3, 0.4) is 0 Å². The van der Waals surface area contributed by atoms with Crippen LogP contribution in [0.2, 0.25) is 0 Å². The minimum atomic E-state index is 0.692. The van der Waals surface area contributed by atoms with Gasteiger partial charge in [0.2, 0.25) is 5.95 Å². The Morgan fingerprint density at radius 3 is 3.00 bits per heavy atom. The van der Waals surface area contributed by atoms with E-state index in [2.05, 4.69) is 36.2 Å². The van der Waals surface area contributed by atoms with Gasteiger partial charge in [0.15, 0.2) is 5.82 Å². The summed E-state index contributed by atoms with van der Waals surface area (Å²) in [6.07, 6.45) is 9.67. The number of imidazole rings is 1. The minimum absolute atomic E-state index is 0.692. The minimum Gasteiger partial charge on any atom is -0.353 e. The highest BCUT2D eigenvalue weighted by Crippen LogP contribution is 2.26. The topological polar surface area (TPSA) is 71.4 Å². The fourth-order valence-corrected chi connectivity index (χ4v) is 2.91. The highest BCUT2D eigenvalue weighted by Gasteiger charge is 2.18. The second-order valence-electron chi connectivity index (χ2n) is 5.88. The number of hydrogen-bond acceptors (Lipinski definition) is 4. The number of anilines is 1. The molecule has 2 aromatic rings. The predicted molar refractivity (Wildman–Crippen MR) is 76.4 cm³/mol. The number of nitrogens with one attached hydrogen (secondary N) is 2. The molecule has 1 saturated carbocycles. The van der Waals surface area contributed by atoms with Gasteiger partial charge in [-0.25, -0.2) is 4.98 Å². The van der Waals surface area contributed by atoms with Crippen LogP contribution >= 0.6 is 0 Å². The Balaban J connectivity index is 1.47. The monoisotopic (exact) mass is 272 g/mol. The third-order valence-corrected chi connectivity index (χ3v) is 4.41. The number of rotatable bonds is 4. The number of hydrogen-bond donors (Lipinski definition) is 2. The molecule has 2 aliphatic rings. The van der Waals surface area contributed by atoms with Crippen LogP contribution in [0.25, 0.3) is 11.5 Å². The molecular weight excluding hydrogens is 252 g/mol. The van der Waals surface area contributed by atoms with Crippen LogP contribution in [-0.2, 0) is 13.0 Å². The Kier molecular flexibility index (Phi) is 2.94. The lowest BCUT2D eigenvalue weighted by molar-refractivity contribution is 0.333. The number of fused-ring (bicyclic) bond motifs is 1. The summed E-state index contributed by atoms with van der Waals surface area (Å²) in [7, 11) is 0. The molecule has 106 valence electrons. The smallest absolute Gasteiger partial charge is 0.242 e. The lowest BCUT2D eigenvalue weighted by Crippen LogP contribution is -2.21. The summed E-state index contributed by atoms with van der Waals surface area (Å²) >= 11 is 0. The van der Waals surface area contributed by atoms with E-state index in [9.17, 15) is 0 Å². The van der Waals surface area contributed by atoms with E-state index in [1.807, 2.05) is 0 Å². The van der Waals surface area contributed by atoms with Gasteiger partial charge in [-0.3, -0.25) is 5.10 Å². The van der Waals surface area contributed by atoms with Crippen molar-refractivity contribution < 1.29 is 0 Å². The van der Waals surface area contributed by atoms with Crippen molar-refractivity contribution in [3.63, 3.8) is 0 Å². The first-order valence-corrected chi connectivity index (χ1v) is 7.61. The van der Waals surface area contributed by atoms with Crippen LogP contribution < -0.4 is 5.32 Å². The lowest BCUT2D eigenvalue weighted by Gasteiger charge is -2.24. The maximum absolute atomic E-state index is 4.66. The van der Waals surface area contributed by atoms with E-state index >= 15 is 0 Å². The number of aromatic nitrogens is 5. The molecule has 0 unspecified atom stereocenters. The van der Waals surface area contributed by atoms with Crippen molar-refractivity contribution in [3.8, 4) is 11.5 Å². The van der Waals surface area contributed by atoms with E-state index in [1.165, 1.54) is 37.9 Å². The molecule has 0 atom stereocenters. The summed E-state index contributed by atoms with van der Waals surface area (Å²) in [4.78, 5) is 9.16. The van der Waals surface area contributed by atoms with Crippen LogP contribution in [0.1, 0.15) is 37.9 Å². The van der Waals surface area contributed by atoms with Crippen molar-refractivity contribution in [2.75, 3.05) is 11.9 Å². The molecule has 4 rings (SSSR count).